The van der Waals surface area contributed by atoms with Crippen molar-refractivity contribution in [2.75, 3.05) is 32.1 Å². The van der Waals surface area contributed by atoms with Crippen LogP contribution in [0.15, 0.2) is 53.7 Å². The van der Waals surface area contributed by atoms with Crippen molar-refractivity contribution in [3.05, 3.63) is 70.6 Å². The zero-order valence-electron chi connectivity index (χ0n) is 22.7. The molecule has 5 rings (SSSR count). The Morgan fingerprint density at radius 1 is 1.20 bits per heavy atom. The molecule has 212 valence electrons. The standard InChI is InChI=1S/C27H30ClN5O6S/c1-16-29-24(15-31(16)4)40(37,38)33-21-11-10-17(28)12-20(21)27(26(33)36,19-8-6-7-9-23(19)39-5)32-14-18(34)13-22(32)25(35)30(2)3/h6-12,15,18,22,34H,13-14H2,1-5H3/t18-,22+,27?/m1/s1. The maximum absolute atomic E-state index is 15.0. The number of sulfonamides is 1. The molecule has 2 aliphatic heterocycles. The molecule has 40 heavy (non-hydrogen) atoms. The Kier molecular flexibility index (Phi) is 6.94. The molecule has 0 saturated carbocycles. The highest BCUT2D eigenvalue weighted by atomic mass is 35.5. The molecule has 0 aliphatic carbocycles. The third kappa shape index (κ3) is 4.00. The number of aromatic nitrogens is 2. The number of fused-ring (bicyclic) bond motifs is 1. The molecular formula is C27H30ClN5O6S. The van der Waals surface area contributed by atoms with Crippen molar-refractivity contribution < 1.29 is 27.9 Å². The molecule has 11 nitrogen and oxygen atoms in total. The first kappa shape index (κ1) is 28.1. The predicted octanol–water partition coefficient (Wildman–Crippen LogP) is 1.89. The number of nitrogens with zero attached hydrogens (tertiary/aromatic N) is 5. The molecule has 0 spiro atoms. The zero-order chi connectivity index (χ0) is 29.1. The fourth-order valence-corrected chi connectivity index (χ4v) is 7.35. The van der Waals surface area contributed by atoms with E-state index >= 15 is 0 Å². The van der Waals surface area contributed by atoms with Gasteiger partial charge in [0.1, 0.15) is 11.6 Å². The van der Waals surface area contributed by atoms with Gasteiger partial charge in [-0.3, -0.25) is 14.5 Å². The number of methoxy groups -OCH3 is 1. The third-order valence-electron chi connectivity index (χ3n) is 7.58. The monoisotopic (exact) mass is 587 g/mol. The van der Waals surface area contributed by atoms with Crippen molar-refractivity contribution in [1.29, 1.82) is 0 Å². The SMILES string of the molecule is COc1ccccc1C1(N2C[C@H](O)C[C@H]2C(=O)N(C)C)C(=O)N(S(=O)(=O)c2cn(C)c(C)n2)c2ccc(Cl)cc21. The molecule has 0 radical (unpaired) electrons. The first-order valence-electron chi connectivity index (χ1n) is 12.5. The van der Waals surface area contributed by atoms with Crippen LogP contribution in [0.5, 0.6) is 5.75 Å². The van der Waals surface area contributed by atoms with E-state index < -0.39 is 33.6 Å². The maximum atomic E-state index is 15.0. The van der Waals surface area contributed by atoms with Crippen LogP contribution < -0.4 is 9.04 Å². The quantitative estimate of drug-likeness (QED) is 0.464. The lowest BCUT2D eigenvalue weighted by atomic mass is 9.80. The number of para-hydroxylation sites is 1. The molecule has 1 N–H and O–H groups in total. The van der Waals surface area contributed by atoms with E-state index in [-0.39, 0.29) is 40.2 Å². The molecule has 3 aromatic rings. The van der Waals surface area contributed by atoms with Crippen molar-refractivity contribution >= 4 is 39.1 Å². The second kappa shape index (κ2) is 9.88. The van der Waals surface area contributed by atoms with E-state index in [1.807, 2.05) is 0 Å². The van der Waals surface area contributed by atoms with Crippen LogP contribution in [0.25, 0.3) is 0 Å². The van der Waals surface area contributed by atoms with Crippen molar-refractivity contribution in [3.8, 4) is 5.75 Å². The average molecular weight is 588 g/mol. The van der Waals surface area contributed by atoms with Crippen LogP contribution in [-0.2, 0) is 32.2 Å². The van der Waals surface area contributed by atoms with Gasteiger partial charge in [-0.2, -0.15) is 12.7 Å². The fraction of sp³-hybridized carbons (Fsp3) is 0.370. The summed E-state index contributed by atoms with van der Waals surface area (Å²) >= 11 is 6.48. The summed E-state index contributed by atoms with van der Waals surface area (Å²) in [5.74, 6) is -0.462. The number of amides is 2. The van der Waals surface area contributed by atoms with Gasteiger partial charge in [0.05, 0.1) is 24.9 Å². The van der Waals surface area contributed by atoms with Gasteiger partial charge in [-0.25, -0.2) is 4.98 Å². The number of likely N-dealkylation sites (N-methyl/N-ethyl adjacent to an activating group) is 1. The van der Waals surface area contributed by atoms with Gasteiger partial charge in [0.2, 0.25) is 5.91 Å². The molecule has 3 heterocycles. The van der Waals surface area contributed by atoms with Gasteiger partial charge in [-0.05, 0) is 37.6 Å². The minimum atomic E-state index is -4.53. The van der Waals surface area contributed by atoms with E-state index in [2.05, 4.69) is 4.98 Å². The maximum Gasteiger partial charge on any atom is 0.290 e. The summed E-state index contributed by atoms with van der Waals surface area (Å²) in [5.41, 5.74) is -1.26. The van der Waals surface area contributed by atoms with Crippen molar-refractivity contribution in [1.82, 2.24) is 19.4 Å². The van der Waals surface area contributed by atoms with Gasteiger partial charge in [0.25, 0.3) is 15.9 Å². The number of rotatable bonds is 6. The number of benzene rings is 2. The van der Waals surface area contributed by atoms with E-state index in [0.717, 1.165) is 4.31 Å². The Bertz CT molecular complexity index is 1600. The number of imidazole rings is 1. The number of likely N-dealkylation sites (tertiary alicyclic amines) is 1. The van der Waals surface area contributed by atoms with E-state index in [9.17, 15) is 23.1 Å². The summed E-state index contributed by atoms with van der Waals surface area (Å²) in [6.07, 6.45) is 0.428. The number of aryl methyl sites for hydroxylation is 2. The van der Waals surface area contributed by atoms with Gasteiger partial charge < -0.3 is 19.3 Å². The van der Waals surface area contributed by atoms with Crippen molar-refractivity contribution in [3.63, 3.8) is 0 Å². The molecule has 1 saturated heterocycles. The highest BCUT2D eigenvalue weighted by Gasteiger charge is 2.64. The van der Waals surface area contributed by atoms with Crippen LogP contribution >= 0.6 is 11.6 Å². The van der Waals surface area contributed by atoms with Crippen LogP contribution in [0.4, 0.5) is 5.69 Å². The van der Waals surface area contributed by atoms with Crippen LogP contribution in [0.3, 0.4) is 0 Å². The van der Waals surface area contributed by atoms with Crippen LogP contribution in [0.1, 0.15) is 23.4 Å². The fourth-order valence-electron chi connectivity index (χ4n) is 5.68. The molecule has 2 amide bonds. The van der Waals surface area contributed by atoms with Gasteiger partial charge in [-0.15, -0.1) is 0 Å². The van der Waals surface area contributed by atoms with Crippen molar-refractivity contribution in [2.45, 2.75) is 36.1 Å². The Morgan fingerprint density at radius 3 is 2.52 bits per heavy atom. The number of carbonyl (C=O) groups excluding carboxylic acids is 2. The van der Waals surface area contributed by atoms with E-state index in [1.54, 1.807) is 61.8 Å². The molecule has 2 aromatic carbocycles. The minimum Gasteiger partial charge on any atom is -0.496 e. The second-order valence-corrected chi connectivity index (χ2v) is 12.3. The van der Waals surface area contributed by atoms with Crippen LogP contribution in [0.2, 0.25) is 5.02 Å². The zero-order valence-corrected chi connectivity index (χ0v) is 24.3. The molecular weight excluding hydrogens is 558 g/mol. The number of hydrogen-bond donors (Lipinski definition) is 1. The normalized spacial score (nSPS) is 23.0. The largest absolute Gasteiger partial charge is 0.496 e. The summed E-state index contributed by atoms with van der Waals surface area (Å²) in [4.78, 5) is 35.6. The first-order chi connectivity index (χ1) is 18.8. The number of β-amino-alcohol motifs (C(OH)–C–C–N with tert-alkyl or cyclic N) is 1. The third-order valence-corrected chi connectivity index (χ3v) is 9.39. The second-order valence-electron chi connectivity index (χ2n) is 10.2. The molecule has 3 atom stereocenters. The number of carbonyl (C=O) groups is 2. The molecule has 1 unspecified atom stereocenters. The summed E-state index contributed by atoms with van der Waals surface area (Å²) in [6.45, 7) is 1.57. The first-order valence-corrected chi connectivity index (χ1v) is 14.4. The van der Waals surface area contributed by atoms with Gasteiger partial charge >= 0.3 is 0 Å². The lowest BCUT2D eigenvalue weighted by molar-refractivity contribution is -0.138. The number of anilines is 1. The Morgan fingerprint density at radius 2 is 1.90 bits per heavy atom. The Balaban J connectivity index is 1.87. The summed E-state index contributed by atoms with van der Waals surface area (Å²) in [6, 6.07) is 10.3. The molecule has 0 bridgehead atoms. The predicted molar refractivity (Wildman–Crippen MR) is 148 cm³/mol. The van der Waals surface area contributed by atoms with Crippen LogP contribution in [0, 0.1) is 6.92 Å². The topological polar surface area (TPSA) is 125 Å². The summed E-state index contributed by atoms with van der Waals surface area (Å²) in [5, 5.41) is 10.8. The highest BCUT2D eigenvalue weighted by molar-refractivity contribution is 7.93. The van der Waals surface area contributed by atoms with E-state index in [0.29, 0.717) is 17.1 Å². The smallest absolute Gasteiger partial charge is 0.290 e. The van der Waals surface area contributed by atoms with E-state index in [4.69, 9.17) is 16.3 Å². The molecule has 2 aliphatic rings. The molecule has 13 heteroatoms. The van der Waals surface area contributed by atoms with Crippen LogP contribution in [-0.4, -0.2) is 84.6 Å². The molecule has 1 aromatic heterocycles. The number of hydrogen-bond acceptors (Lipinski definition) is 8. The van der Waals surface area contributed by atoms with Gasteiger partial charge in [0.15, 0.2) is 10.6 Å². The summed E-state index contributed by atoms with van der Waals surface area (Å²) < 4.78 is 36.3. The summed E-state index contributed by atoms with van der Waals surface area (Å²) in [7, 11) is 1.74. The molecule has 1 fully saturated rings. The number of halogens is 1. The minimum absolute atomic E-state index is 0.0449. The lowest BCUT2D eigenvalue weighted by Gasteiger charge is -2.42. The highest BCUT2D eigenvalue weighted by Crippen LogP contribution is 2.54. The number of ether oxygens (including phenoxy) is 1. The lowest BCUT2D eigenvalue weighted by Crippen LogP contribution is -2.59. The van der Waals surface area contributed by atoms with Gasteiger partial charge in [-0.1, -0.05) is 29.8 Å². The Labute approximate surface area is 237 Å². The number of aliphatic hydroxyl groups excluding tert-OH is 1. The van der Waals surface area contributed by atoms with Gasteiger partial charge in [0, 0.05) is 50.0 Å². The van der Waals surface area contributed by atoms with E-state index in [1.165, 1.54) is 36.4 Å². The Hall–Kier alpha value is -3.45. The van der Waals surface area contributed by atoms with Crippen molar-refractivity contribution in [2.24, 2.45) is 7.05 Å². The number of aliphatic hydroxyl groups is 1. The average Bonchev–Trinajstić information content (AvgIpc) is 3.55.